The third-order valence-corrected chi connectivity index (χ3v) is 1.96. The zero-order valence-corrected chi connectivity index (χ0v) is 8.67. The molecule has 7 nitrogen and oxygen atoms in total. The maximum atomic E-state index is 11.1. The lowest BCUT2D eigenvalue weighted by atomic mass is 10.3. The van der Waals surface area contributed by atoms with Gasteiger partial charge in [-0.1, -0.05) is 5.16 Å². The summed E-state index contributed by atoms with van der Waals surface area (Å²) in [6, 6.07) is 2.30. The lowest BCUT2D eigenvalue weighted by Gasteiger charge is -1.93. The SMILES string of the molecule is COC(=O)c1cc(-c2cc(=O)c(O)co2)no1. The van der Waals surface area contributed by atoms with Crippen LogP contribution in [0.2, 0.25) is 0 Å². The van der Waals surface area contributed by atoms with Gasteiger partial charge in [0.25, 0.3) is 0 Å². The number of carbonyl (C=O) groups excluding carboxylic acids is 1. The van der Waals surface area contributed by atoms with Gasteiger partial charge in [0.2, 0.25) is 11.2 Å². The molecule has 0 aliphatic carbocycles. The van der Waals surface area contributed by atoms with Crippen molar-refractivity contribution >= 4 is 5.97 Å². The number of aromatic hydroxyl groups is 1. The first-order valence-corrected chi connectivity index (χ1v) is 4.49. The normalized spacial score (nSPS) is 10.2. The Hall–Kier alpha value is -2.57. The van der Waals surface area contributed by atoms with Crippen LogP contribution < -0.4 is 5.43 Å². The smallest absolute Gasteiger partial charge is 0.376 e. The highest BCUT2D eigenvalue weighted by molar-refractivity contribution is 5.87. The zero-order valence-electron chi connectivity index (χ0n) is 8.67. The van der Waals surface area contributed by atoms with Crippen LogP contribution in [0.5, 0.6) is 5.75 Å². The first kappa shape index (κ1) is 10.9. The molecule has 17 heavy (non-hydrogen) atoms. The topological polar surface area (TPSA) is 103 Å². The van der Waals surface area contributed by atoms with Crippen LogP contribution in [0.3, 0.4) is 0 Å². The Labute approximate surface area is 94.2 Å². The average Bonchev–Trinajstić information content (AvgIpc) is 2.81. The predicted molar refractivity (Wildman–Crippen MR) is 53.5 cm³/mol. The lowest BCUT2D eigenvalue weighted by molar-refractivity contribution is 0.0554. The van der Waals surface area contributed by atoms with Crippen LogP contribution in [0.1, 0.15) is 10.6 Å². The first-order chi connectivity index (χ1) is 8.11. The Balaban J connectivity index is 2.40. The number of nitrogens with zero attached hydrogens (tertiary/aromatic N) is 1. The maximum Gasteiger partial charge on any atom is 0.376 e. The molecule has 0 bridgehead atoms. The molecule has 7 heteroatoms. The molecule has 2 rings (SSSR count). The van der Waals surface area contributed by atoms with Gasteiger partial charge in [0, 0.05) is 12.1 Å². The van der Waals surface area contributed by atoms with Gasteiger partial charge in [-0.3, -0.25) is 4.79 Å². The Morgan fingerprint density at radius 2 is 2.24 bits per heavy atom. The van der Waals surface area contributed by atoms with Crippen molar-refractivity contribution in [2.45, 2.75) is 0 Å². The van der Waals surface area contributed by atoms with Gasteiger partial charge in [-0.05, 0) is 0 Å². The molecule has 0 aliphatic heterocycles. The second-order valence-corrected chi connectivity index (χ2v) is 3.06. The van der Waals surface area contributed by atoms with Crippen LogP contribution in [0, 0.1) is 0 Å². The van der Waals surface area contributed by atoms with Crippen LogP contribution in [-0.2, 0) is 4.74 Å². The van der Waals surface area contributed by atoms with E-state index in [4.69, 9.17) is 14.0 Å². The zero-order chi connectivity index (χ0) is 12.4. The van der Waals surface area contributed by atoms with Crippen LogP contribution in [-0.4, -0.2) is 23.3 Å². The van der Waals surface area contributed by atoms with Gasteiger partial charge in [0.1, 0.15) is 12.0 Å². The van der Waals surface area contributed by atoms with E-state index in [2.05, 4.69) is 9.89 Å². The standard InChI is InChI=1S/C10H7NO6/c1-15-10(14)9-2-5(11-17-9)8-3-6(12)7(13)4-16-8/h2-4,13H,1H3. The van der Waals surface area contributed by atoms with E-state index in [0.29, 0.717) is 0 Å². The van der Waals surface area contributed by atoms with E-state index >= 15 is 0 Å². The molecular formula is C10H7NO6. The monoisotopic (exact) mass is 237 g/mol. The number of ether oxygens (including phenoxy) is 1. The highest BCUT2D eigenvalue weighted by atomic mass is 16.5. The van der Waals surface area contributed by atoms with Gasteiger partial charge >= 0.3 is 5.97 Å². The lowest BCUT2D eigenvalue weighted by Crippen LogP contribution is -1.98. The Kier molecular flexibility index (Phi) is 2.65. The number of methoxy groups -OCH3 is 1. The molecule has 0 saturated carbocycles. The average molecular weight is 237 g/mol. The summed E-state index contributed by atoms with van der Waals surface area (Å²) in [7, 11) is 1.20. The Morgan fingerprint density at radius 1 is 1.47 bits per heavy atom. The molecule has 0 saturated heterocycles. The number of esters is 1. The number of rotatable bonds is 2. The molecule has 0 atom stereocenters. The second kappa shape index (κ2) is 4.12. The fourth-order valence-electron chi connectivity index (χ4n) is 1.13. The first-order valence-electron chi connectivity index (χ1n) is 4.49. The fraction of sp³-hybridized carbons (Fsp3) is 0.100. The van der Waals surface area contributed by atoms with E-state index in [1.165, 1.54) is 13.2 Å². The summed E-state index contributed by atoms with van der Waals surface area (Å²) in [5, 5.41) is 12.5. The highest BCUT2D eigenvalue weighted by Gasteiger charge is 2.16. The molecule has 0 unspecified atom stereocenters. The van der Waals surface area contributed by atoms with E-state index in [-0.39, 0.29) is 17.2 Å². The van der Waals surface area contributed by atoms with E-state index in [1.807, 2.05) is 0 Å². The quantitative estimate of drug-likeness (QED) is 0.770. The van der Waals surface area contributed by atoms with Crippen molar-refractivity contribution < 1.29 is 23.6 Å². The minimum absolute atomic E-state index is 0.0757. The van der Waals surface area contributed by atoms with Crippen molar-refractivity contribution in [1.29, 1.82) is 0 Å². The van der Waals surface area contributed by atoms with Crippen molar-refractivity contribution in [1.82, 2.24) is 5.16 Å². The molecule has 0 spiro atoms. The van der Waals surface area contributed by atoms with Crippen LogP contribution in [0.25, 0.3) is 11.5 Å². The Morgan fingerprint density at radius 3 is 2.88 bits per heavy atom. The van der Waals surface area contributed by atoms with E-state index < -0.39 is 17.1 Å². The largest absolute Gasteiger partial charge is 0.502 e. The fourth-order valence-corrected chi connectivity index (χ4v) is 1.13. The van der Waals surface area contributed by atoms with E-state index in [9.17, 15) is 9.59 Å². The molecule has 2 aromatic heterocycles. The van der Waals surface area contributed by atoms with Crippen LogP contribution in [0.4, 0.5) is 0 Å². The number of carbonyl (C=O) groups is 1. The van der Waals surface area contributed by atoms with Gasteiger partial charge in [0.15, 0.2) is 11.5 Å². The van der Waals surface area contributed by atoms with Crippen molar-refractivity contribution in [3.05, 3.63) is 34.4 Å². The van der Waals surface area contributed by atoms with E-state index in [1.54, 1.807) is 0 Å². The molecule has 0 fully saturated rings. The summed E-state index contributed by atoms with van der Waals surface area (Å²) >= 11 is 0. The van der Waals surface area contributed by atoms with Crippen LogP contribution in [0.15, 0.2) is 32.1 Å². The summed E-state index contributed by atoms with van der Waals surface area (Å²) in [6.07, 6.45) is 0.879. The van der Waals surface area contributed by atoms with Gasteiger partial charge in [-0.15, -0.1) is 0 Å². The number of hydrogen-bond donors (Lipinski definition) is 1. The molecule has 1 N–H and O–H groups in total. The predicted octanol–water partition coefficient (Wildman–Crippen LogP) is 0.787. The molecule has 0 amide bonds. The van der Waals surface area contributed by atoms with Gasteiger partial charge in [-0.2, -0.15) is 0 Å². The summed E-state index contributed by atoms with van der Waals surface area (Å²) in [5.74, 6) is -1.24. The van der Waals surface area contributed by atoms with Crippen molar-refractivity contribution in [3.8, 4) is 17.2 Å². The van der Waals surface area contributed by atoms with E-state index in [0.717, 1.165) is 12.3 Å². The summed E-state index contributed by atoms with van der Waals surface area (Å²) in [5.41, 5.74) is -0.462. The minimum Gasteiger partial charge on any atom is -0.502 e. The van der Waals surface area contributed by atoms with Crippen molar-refractivity contribution in [3.63, 3.8) is 0 Å². The Bertz CT molecular complexity index is 611. The molecular weight excluding hydrogens is 230 g/mol. The third-order valence-electron chi connectivity index (χ3n) is 1.96. The number of aromatic nitrogens is 1. The number of hydrogen-bond acceptors (Lipinski definition) is 7. The minimum atomic E-state index is -0.690. The highest BCUT2D eigenvalue weighted by Crippen LogP contribution is 2.19. The van der Waals surface area contributed by atoms with Gasteiger partial charge in [0.05, 0.1) is 7.11 Å². The van der Waals surface area contributed by atoms with Gasteiger partial charge < -0.3 is 18.8 Å². The summed E-state index contributed by atoms with van der Waals surface area (Å²) in [4.78, 5) is 22.2. The molecule has 88 valence electrons. The molecule has 0 aromatic carbocycles. The molecule has 2 heterocycles. The molecule has 0 radical (unpaired) electrons. The van der Waals surface area contributed by atoms with Crippen LogP contribution >= 0.6 is 0 Å². The third kappa shape index (κ3) is 2.03. The van der Waals surface area contributed by atoms with Crippen molar-refractivity contribution in [2.75, 3.05) is 7.11 Å². The second-order valence-electron chi connectivity index (χ2n) is 3.06. The van der Waals surface area contributed by atoms with Gasteiger partial charge in [-0.25, -0.2) is 4.79 Å². The molecule has 2 aromatic rings. The molecule has 0 aliphatic rings. The maximum absolute atomic E-state index is 11.1. The summed E-state index contributed by atoms with van der Waals surface area (Å²) in [6.45, 7) is 0. The van der Waals surface area contributed by atoms with Crippen molar-refractivity contribution in [2.24, 2.45) is 0 Å². The summed E-state index contributed by atoms with van der Waals surface area (Å²) < 4.78 is 14.0.